The predicted molar refractivity (Wildman–Crippen MR) is 90.4 cm³/mol. The molecule has 2 atom stereocenters. The number of alkyl halides is 3. The number of carbonyl (C=O) groups excluding carboxylic acids is 2. The molecule has 1 fully saturated rings. The number of unbranched alkanes of at least 4 members (excludes halogenated alkanes) is 1. The Morgan fingerprint density at radius 3 is 2.42 bits per heavy atom. The van der Waals surface area contributed by atoms with Gasteiger partial charge in [-0.2, -0.15) is 13.2 Å². The van der Waals surface area contributed by atoms with Crippen LogP contribution in [0.5, 0.6) is 0 Å². The van der Waals surface area contributed by atoms with Crippen LogP contribution in [0.25, 0.3) is 0 Å². The van der Waals surface area contributed by atoms with E-state index in [9.17, 15) is 22.8 Å². The van der Waals surface area contributed by atoms with E-state index in [4.69, 9.17) is 4.74 Å². The Balaban J connectivity index is 2.33. The molecule has 0 bridgehead atoms. The van der Waals surface area contributed by atoms with Gasteiger partial charge >= 0.3 is 12.3 Å². The van der Waals surface area contributed by atoms with Crippen molar-refractivity contribution in [2.45, 2.75) is 64.3 Å². The summed E-state index contributed by atoms with van der Waals surface area (Å²) in [4.78, 5) is 25.6. The molecular formula is C19H24F3NO3. The van der Waals surface area contributed by atoms with E-state index in [0.29, 0.717) is 11.3 Å². The predicted octanol–water partition coefficient (Wildman–Crippen LogP) is 4.72. The second-order valence-electron chi connectivity index (χ2n) is 7.12. The van der Waals surface area contributed by atoms with Crippen LogP contribution < -0.4 is 0 Å². The summed E-state index contributed by atoms with van der Waals surface area (Å²) >= 11 is 0. The van der Waals surface area contributed by atoms with E-state index in [-0.39, 0.29) is 19.3 Å². The first-order valence-corrected chi connectivity index (χ1v) is 8.74. The Morgan fingerprint density at radius 1 is 1.27 bits per heavy atom. The molecule has 0 unspecified atom stereocenters. The van der Waals surface area contributed by atoms with Gasteiger partial charge in [-0.15, -0.1) is 0 Å². The van der Waals surface area contributed by atoms with Crippen molar-refractivity contribution in [3.8, 4) is 0 Å². The molecule has 2 amide bonds. The SMILES string of the molecule is CCCC[C@@H](C(=O)N1C(=O)OC(C)(C)[C@@H]1Cc1ccccc1)C(F)(F)F. The number of benzene rings is 1. The zero-order valence-electron chi connectivity index (χ0n) is 15.2. The fourth-order valence-electron chi connectivity index (χ4n) is 3.20. The van der Waals surface area contributed by atoms with Crippen LogP contribution in [0.2, 0.25) is 0 Å². The van der Waals surface area contributed by atoms with Gasteiger partial charge in [0.15, 0.2) is 0 Å². The smallest absolute Gasteiger partial charge is 0.417 e. The summed E-state index contributed by atoms with van der Waals surface area (Å²) in [6.07, 6.45) is -5.01. The number of ether oxygens (including phenoxy) is 1. The van der Waals surface area contributed by atoms with Gasteiger partial charge in [0.1, 0.15) is 11.5 Å². The van der Waals surface area contributed by atoms with Crippen molar-refractivity contribution >= 4 is 12.0 Å². The highest BCUT2D eigenvalue weighted by Gasteiger charge is 2.55. The molecule has 1 aromatic rings. The number of rotatable bonds is 6. The van der Waals surface area contributed by atoms with Gasteiger partial charge in [0, 0.05) is 0 Å². The van der Waals surface area contributed by atoms with Crippen LogP contribution in [0.3, 0.4) is 0 Å². The molecule has 2 rings (SSSR count). The topological polar surface area (TPSA) is 46.6 Å². The Bertz CT molecular complexity index is 643. The van der Waals surface area contributed by atoms with Gasteiger partial charge in [0.05, 0.1) is 6.04 Å². The minimum atomic E-state index is -4.70. The molecule has 0 saturated carbocycles. The average Bonchev–Trinajstić information content (AvgIpc) is 2.76. The highest BCUT2D eigenvalue weighted by molar-refractivity contribution is 5.95. The third kappa shape index (κ3) is 4.37. The zero-order chi connectivity index (χ0) is 19.5. The molecule has 26 heavy (non-hydrogen) atoms. The van der Waals surface area contributed by atoms with Gasteiger partial charge in [-0.25, -0.2) is 9.69 Å². The minimum Gasteiger partial charge on any atom is -0.441 e. The van der Waals surface area contributed by atoms with Crippen molar-refractivity contribution in [3.05, 3.63) is 35.9 Å². The summed E-state index contributed by atoms with van der Waals surface area (Å²) in [5, 5.41) is 0. The summed E-state index contributed by atoms with van der Waals surface area (Å²) in [5.41, 5.74) is -0.248. The normalized spacial score (nSPS) is 20.8. The fraction of sp³-hybridized carbons (Fsp3) is 0.579. The molecule has 1 aliphatic rings. The second-order valence-corrected chi connectivity index (χ2v) is 7.12. The van der Waals surface area contributed by atoms with Crippen LogP contribution in [0, 0.1) is 5.92 Å². The highest BCUT2D eigenvalue weighted by Crippen LogP contribution is 2.38. The molecule has 144 valence electrons. The monoisotopic (exact) mass is 371 g/mol. The third-order valence-electron chi connectivity index (χ3n) is 4.71. The molecule has 0 spiro atoms. The Labute approximate surface area is 151 Å². The minimum absolute atomic E-state index is 0.240. The fourth-order valence-corrected chi connectivity index (χ4v) is 3.20. The van der Waals surface area contributed by atoms with Gasteiger partial charge in [-0.3, -0.25) is 4.79 Å². The summed E-state index contributed by atoms with van der Waals surface area (Å²) < 4.78 is 45.5. The lowest BCUT2D eigenvalue weighted by molar-refractivity contribution is -0.189. The molecule has 7 heteroatoms. The van der Waals surface area contributed by atoms with Crippen molar-refractivity contribution in [2.24, 2.45) is 5.92 Å². The third-order valence-corrected chi connectivity index (χ3v) is 4.71. The maximum absolute atomic E-state index is 13.4. The molecule has 1 aliphatic heterocycles. The van der Waals surface area contributed by atoms with Crippen molar-refractivity contribution < 1.29 is 27.5 Å². The molecule has 0 aromatic heterocycles. The number of amides is 2. The van der Waals surface area contributed by atoms with Crippen LogP contribution >= 0.6 is 0 Å². The molecule has 0 aliphatic carbocycles. The molecule has 4 nitrogen and oxygen atoms in total. The van der Waals surface area contributed by atoms with Crippen LogP contribution in [0.4, 0.5) is 18.0 Å². The molecule has 1 heterocycles. The summed E-state index contributed by atoms with van der Waals surface area (Å²) in [6, 6.07) is 8.23. The Morgan fingerprint density at radius 2 is 1.88 bits per heavy atom. The van der Waals surface area contributed by atoms with Gasteiger partial charge < -0.3 is 4.74 Å². The van der Waals surface area contributed by atoms with Gasteiger partial charge in [0.2, 0.25) is 5.91 Å². The van der Waals surface area contributed by atoms with Crippen molar-refractivity contribution in [1.82, 2.24) is 4.90 Å². The number of cyclic esters (lactones) is 1. The quantitative estimate of drug-likeness (QED) is 0.727. The summed E-state index contributed by atoms with van der Waals surface area (Å²) in [7, 11) is 0. The first-order valence-electron chi connectivity index (χ1n) is 8.74. The van der Waals surface area contributed by atoms with Crippen LogP contribution in [-0.2, 0) is 16.0 Å². The zero-order valence-corrected chi connectivity index (χ0v) is 15.2. The molecule has 1 aromatic carbocycles. The van der Waals surface area contributed by atoms with Gasteiger partial charge in [0.25, 0.3) is 0 Å². The van der Waals surface area contributed by atoms with E-state index in [1.165, 1.54) is 0 Å². The van der Waals surface area contributed by atoms with Crippen molar-refractivity contribution in [2.75, 3.05) is 0 Å². The van der Waals surface area contributed by atoms with E-state index in [0.717, 1.165) is 5.56 Å². The van der Waals surface area contributed by atoms with E-state index in [1.807, 2.05) is 6.07 Å². The first kappa shape index (κ1) is 20.3. The van der Waals surface area contributed by atoms with Crippen LogP contribution in [-0.4, -0.2) is 34.7 Å². The highest BCUT2D eigenvalue weighted by atomic mass is 19.4. The van der Waals surface area contributed by atoms with Gasteiger partial charge in [-0.1, -0.05) is 50.1 Å². The average molecular weight is 371 g/mol. The molecule has 0 radical (unpaired) electrons. The van der Waals surface area contributed by atoms with Gasteiger partial charge in [-0.05, 0) is 32.3 Å². The molecular weight excluding hydrogens is 347 g/mol. The number of carbonyl (C=O) groups is 2. The lowest BCUT2D eigenvalue weighted by Gasteiger charge is -2.30. The van der Waals surface area contributed by atoms with Crippen molar-refractivity contribution in [1.29, 1.82) is 0 Å². The van der Waals surface area contributed by atoms with E-state index >= 15 is 0 Å². The van der Waals surface area contributed by atoms with Crippen LogP contribution in [0.15, 0.2) is 30.3 Å². The molecule has 1 saturated heterocycles. The number of halogens is 3. The summed E-state index contributed by atoms with van der Waals surface area (Å²) in [6.45, 7) is 4.98. The Hall–Kier alpha value is -2.05. The second kappa shape index (κ2) is 7.68. The largest absolute Gasteiger partial charge is 0.441 e. The summed E-state index contributed by atoms with van der Waals surface area (Å²) in [5.74, 6) is -3.41. The number of nitrogens with zero attached hydrogens (tertiary/aromatic N) is 1. The maximum Gasteiger partial charge on any atom is 0.417 e. The number of hydrogen-bond acceptors (Lipinski definition) is 3. The first-order chi connectivity index (χ1) is 12.1. The van der Waals surface area contributed by atoms with E-state index < -0.39 is 35.7 Å². The maximum atomic E-state index is 13.4. The number of hydrogen-bond donors (Lipinski definition) is 0. The number of imide groups is 1. The van der Waals surface area contributed by atoms with Crippen LogP contribution in [0.1, 0.15) is 45.6 Å². The van der Waals surface area contributed by atoms with E-state index in [1.54, 1.807) is 45.0 Å². The lowest BCUT2D eigenvalue weighted by Crippen LogP contribution is -2.50. The molecule has 0 N–H and O–H groups in total. The Kier molecular flexibility index (Phi) is 5.98. The standard InChI is InChI=1S/C19H24F3NO3/c1-4-5-11-14(19(20,21)22)16(24)23-15(18(2,3)26-17(23)25)12-13-9-7-6-8-10-13/h6-10,14-15H,4-5,11-12H2,1-3H3/t14-,15-/m0/s1. The lowest BCUT2D eigenvalue weighted by atomic mass is 9.90. The van der Waals surface area contributed by atoms with E-state index in [2.05, 4.69) is 0 Å². The van der Waals surface area contributed by atoms with Crippen molar-refractivity contribution in [3.63, 3.8) is 0 Å².